The highest BCUT2D eigenvalue weighted by atomic mass is 16.5. The Labute approximate surface area is 151 Å². The van der Waals surface area contributed by atoms with Crippen molar-refractivity contribution in [3.05, 3.63) is 33.7 Å². The van der Waals surface area contributed by atoms with E-state index >= 15 is 0 Å². The summed E-state index contributed by atoms with van der Waals surface area (Å²) < 4.78 is 15.9. The SMILES string of the molecule is COc1cc2c(C)c(CC(=O)N3[C@H](C)COC[C@H]3C)c(=O)oc2cc1O. The van der Waals surface area contributed by atoms with Gasteiger partial charge in [0, 0.05) is 11.5 Å². The van der Waals surface area contributed by atoms with E-state index in [4.69, 9.17) is 13.9 Å². The lowest BCUT2D eigenvalue weighted by Gasteiger charge is -2.38. The Morgan fingerprint density at radius 2 is 1.96 bits per heavy atom. The first-order valence-corrected chi connectivity index (χ1v) is 8.55. The van der Waals surface area contributed by atoms with E-state index in [0.717, 1.165) is 0 Å². The Bertz CT molecular complexity index is 893. The van der Waals surface area contributed by atoms with Gasteiger partial charge in [0.1, 0.15) is 5.58 Å². The normalized spacial score (nSPS) is 20.4. The minimum Gasteiger partial charge on any atom is -0.504 e. The van der Waals surface area contributed by atoms with Crippen LogP contribution in [0.5, 0.6) is 11.5 Å². The van der Waals surface area contributed by atoms with E-state index in [1.54, 1.807) is 17.9 Å². The van der Waals surface area contributed by atoms with Gasteiger partial charge in [0.05, 0.1) is 44.4 Å². The molecule has 1 aromatic heterocycles. The summed E-state index contributed by atoms with van der Waals surface area (Å²) in [7, 11) is 1.45. The molecule has 0 radical (unpaired) electrons. The first-order valence-electron chi connectivity index (χ1n) is 8.55. The Morgan fingerprint density at radius 1 is 1.31 bits per heavy atom. The van der Waals surface area contributed by atoms with Gasteiger partial charge in [-0.2, -0.15) is 0 Å². The van der Waals surface area contributed by atoms with Crippen LogP contribution in [-0.4, -0.2) is 48.3 Å². The number of phenols is 1. The molecule has 2 atom stereocenters. The fourth-order valence-electron chi connectivity index (χ4n) is 3.51. The Morgan fingerprint density at radius 3 is 2.58 bits per heavy atom. The lowest BCUT2D eigenvalue weighted by atomic mass is 10.0. The second-order valence-electron chi connectivity index (χ2n) is 6.73. The van der Waals surface area contributed by atoms with Crippen LogP contribution in [0.2, 0.25) is 0 Å². The van der Waals surface area contributed by atoms with Crippen LogP contribution in [0.4, 0.5) is 0 Å². The number of phenolic OH excluding ortho intramolecular Hbond substituents is 1. The molecule has 7 heteroatoms. The molecule has 0 spiro atoms. The van der Waals surface area contributed by atoms with Gasteiger partial charge < -0.3 is 23.9 Å². The molecule has 26 heavy (non-hydrogen) atoms. The third kappa shape index (κ3) is 3.14. The Balaban J connectivity index is 2.01. The predicted octanol–water partition coefficient (Wildman–Crippen LogP) is 1.99. The van der Waals surface area contributed by atoms with Gasteiger partial charge >= 0.3 is 5.63 Å². The van der Waals surface area contributed by atoms with Crippen molar-refractivity contribution in [2.45, 2.75) is 39.3 Å². The maximum atomic E-state index is 12.8. The molecule has 0 unspecified atom stereocenters. The topological polar surface area (TPSA) is 89.2 Å². The molecular weight excluding hydrogens is 338 g/mol. The molecule has 7 nitrogen and oxygen atoms in total. The number of nitrogens with zero attached hydrogens (tertiary/aromatic N) is 1. The van der Waals surface area contributed by atoms with Crippen LogP contribution in [0.3, 0.4) is 0 Å². The molecule has 0 bridgehead atoms. The molecule has 0 saturated carbocycles. The quantitative estimate of drug-likeness (QED) is 0.841. The first-order chi connectivity index (χ1) is 12.3. The van der Waals surface area contributed by atoms with Crippen LogP contribution >= 0.6 is 0 Å². The number of carbonyl (C=O) groups is 1. The smallest absolute Gasteiger partial charge is 0.340 e. The molecule has 1 aliphatic heterocycles. The molecule has 1 N–H and O–H groups in total. The number of aromatic hydroxyl groups is 1. The molecule has 2 aromatic rings. The monoisotopic (exact) mass is 361 g/mol. The molecule has 1 saturated heterocycles. The van der Waals surface area contributed by atoms with Crippen LogP contribution in [0.25, 0.3) is 11.0 Å². The molecular formula is C19H23NO6. The van der Waals surface area contributed by atoms with Crippen molar-refractivity contribution in [2.75, 3.05) is 20.3 Å². The van der Waals surface area contributed by atoms with Crippen molar-refractivity contribution in [1.82, 2.24) is 4.90 Å². The van der Waals surface area contributed by atoms with Gasteiger partial charge in [-0.15, -0.1) is 0 Å². The van der Waals surface area contributed by atoms with E-state index in [1.807, 2.05) is 13.8 Å². The number of morpholine rings is 1. The first kappa shape index (κ1) is 18.3. The number of benzene rings is 1. The van der Waals surface area contributed by atoms with E-state index in [2.05, 4.69) is 0 Å². The highest BCUT2D eigenvalue weighted by molar-refractivity contribution is 5.87. The minimum atomic E-state index is -0.568. The van der Waals surface area contributed by atoms with Crippen molar-refractivity contribution in [1.29, 1.82) is 0 Å². The average Bonchev–Trinajstić information content (AvgIpc) is 2.58. The molecule has 0 aliphatic carbocycles. The third-order valence-corrected chi connectivity index (χ3v) is 4.87. The Hall–Kier alpha value is -2.54. The largest absolute Gasteiger partial charge is 0.504 e. The van der Waals surface area contributed by atoms with Crippen LogP contribution in [0.1, 0.15) is 25.0 Å². The van der Waals surface area contributed by atoms with Crippen molar-refractivity contribution in [2.24, 2.45) is 0 Å². The van der Waals surface area contributed by atoms with Gasteiger partial charge in [0.25, 0.3) is 0 Å². The standard InChI is InChI=1S/C19H23NO6/c1-10-8-25-9-11(2)20(10)18(22)6-14-12(3)13-5-17(24-4)15(21)7-16(13)26-19(14)23/h5,7,10-11,21H,6,8-9H2,1-4H3/t10-,11-/m1/s1. The number of rotatable bonds is 3. The Kier molecular flexibility index (Phi) is 4.91. The van der Waals surface area contributed by atoms with Gasteiger partial charge in [-0.3, -0.25) is 4.79 Å². The van der Waals surface area contributed by atoms with Crippen molar-refractivity contribution >= 4 is 16.9 Å². The molecule has 1 aromatic carbocycles. The summed E-state index contributed by atoms with van der Waals surface area (Å²) in [6, 6.07) is 2.86. The highest BCUT2D eigenvalue weighted by Gasteiger charge is 2.30. The van der Waals surface area contributed by atoms with Gasteiger partial charge in [-0.05, 0) is 32.4 Å². The summed E-state index contributed by atoms with van der Waals surface area (Å²) in [5, 5.41) is 10.5. The molecule has 140 valence electrons. The van der Waals surface area contributed by atoms with Crippen LogP contribution in [-0.2, 0) is 16.0 Å². The average molecular weight is 361 g/mol. The molecule has 2 heterocycles. The maximum Gasteiger partial charge on any atom is 0.340 e. The van der Waals surface area contributed by atoms with Crippen molar-refractivity contribution in [3.8, 4) is 11.5 Å². The molecule has 1 fully saturated rings. The van der Waals surface area contributed by atoms with E-state index < -0.39 is 5.63 Å². The fourth-order valence-corrected chi connectivity index (χ4v) is 3.51. The number of hydrogen-bond donors (Lipinski definition) is 1. The lowest BCUT2D eigenvalue weighted by Crippen LogP contribution is -2.53. The van der Waals surface area contributed by atoms with Crippen LogP contribution < -0.4 is 10.4 Å². The summed E-state index contributed by atoms with van der Waals surface area (Å²) in [5.74, 6) is 0.0401. The van der Waals surface area contributed by atoms with Gasteiger partial charge in [-0.25, -0.2) is 4.79 Å². The highest BCUT2D eigenvalue weighted by Crippen LogP contribution is 2.33. The zero-order valence-electron chi connectivity index (χ0n) is 15.4. The number of hydrogen-bond acceptors (Lipinski definition) is 6. The summed E-state index contributed by atoms with van der Waals surface area (Å²) in [6.07, 6.45) is -0.0397. The van der Waals surface area contributed by atoms with Crippen molar-refractivity contribution in [3.63, 3.8) is 0 Å². The number of methoxy groups -OCH3 is 1. The van der Waals surface area contributed by atoms with E-state index in [-0.39, 0.29) is 41.5 Å². The molecule has 1 aliphatic rings. The lowest BCUT2D eigenvalue weighted by molar-refractivity contribution is -0.143. The summed E-state index contributed by atoms with van der Waals surface area (Å²) >= 11 is 0. The number of amides is 1. The number of fused-ring (bicyclic) bond motifs is 1. The third-order valence-electron chi connectivity index (χ3n) is 4.87. The van der Waals surface area contributed by atoms with E-state index in [1.165, 1.54) is 13.2 Å². The minimum absolute atomic E-state index is 0.0397. The second kappa shape index (κ2) is 6.99. The van der Waals surface area contributed by atoms with Crippen LogP contribution in [0.15, 0.2) is 21.3 Å². The van der Waals surface area contributed by atoms with Crippen molar-refractivity contribution < 1.29 is 23.8 Å². The van der Waals surface area contributed by atoms with Gasteiger partial charge in [-0.1, -0.05) is 0 Å². The van der Waals surface area contributed by atoms with Gasteiger partial charge in [0.15, 0.2) is 11.5 Å². The second-order valence-corrected chi connectivity index (χ2v) is 6.73. The fraction of sp³-hybridized carbons (Fsp3) is 0.474. The summed E-state index contributed by atoms with van der Waals surface area (Å²) in [4.78, 5) is 27.0. The zero-order chi connectivity index (χ0) is 19.0. The predicted molar refractivity (Wildman–Crippen MR) is 95.7 cm³/mol. The van der Waals surface area contributed by atoms with E-state index in [0.29, 0.717) is 29.7 Å². The summed E-state index contributed by atoms with van der Waals surface area (Å²) in [5.41, 5.74) is 0.661. The molecule has 3 rings (SSSR count). The van der Waals surface area contributed by atoms with Gasteiger partial charge in [0.2, 0.25) is 5.91 Å². The maximum absolute atomic E-state index is 12.8. The summed E-state index contributed by atoms with van der Waals surface area (Å²) in [6.45, 7) is 6.59. The number of carbonyl (C=O) groups excluding carboxylic acids is 1. The number of ether oxygens (including phenoxy) is 2. The molecule has 1 amide bonds. The van der Waals surface area contributed by atoms with Crippen LogP contribution in [0, 0.1) is 6.92 Å². The van der Waals surface area contributed by atoms with E-state index in [9.17, 15) is 14.7 Å². The zero-order valence-corrected chi connectivity index (χ0v) is 15.4. The number of aryl methyl sites for hydroxylation is 1.